The Hall–Kier alpha value is -5.96. The lowest BCUT2D eigenvalue weighted by Crippen LogP contribution is -2.49. The minimum atomic E-state index is -0.414. The summed E-state index contributed by atoms with van der Waals surface area (Å²) in [5, 5.41) is 15.3. The highest BCUT2D eigenvalue weighted by atomic mass is 16.5. The molecule has 8 rings (SSSR count). The van der Waals surface area contributed by atoms with E-state index in [2.05, 4.69) is 55.8 Å². The van der Waals surface area contributed by atoms with Crippen LogP contribution in [0.5, 0.6) is 5.75 Å². The van der Waals surface area contributed by atoms with Gasteiger partial charge in [-0.15, -0.1) is 0 Å². The summed E-state index contributed by atoms with van der Waals surface area (Å²) >= 11 is 0. The molecule has 0 spiro atoms. The van der Waals surface area contributed by atoms with Gasteiger partial charge in [-0.1, -0.05) is 39.3 Å². The smallest absolute Gasteiger partial charge is 0.293 e. The van der Waals surface area contributed by atoms with Crippen LogP contribution in [0, 0.1) is 5.92 Å². The van der Waals surface area contributed by atoms with Gasteiger partial charge in [0.2, 0.25) is 11.8 Å². The molecule has 0 bridgehead atoms. The van der Waals surface area contributed by atoms with Crippen LogP contribution in [0.4, 0.5) is 22.9 Å². The van der Waals surface area contributed by atoms with Gasteiger partial charge < -0.3 is 29.7 Å². The van der Waals surface area contributed by atoms with E-state index in [-0.39, 0.29) is 39.9 Å². The highest BCUT2D eigenvalue weighted by Gasteiger charge is 2.33. The highest BCUT2D eigenvalue weighted by molar-refractivity contribution is 6.03. The van der Waals surface area contributed by atoms with Gasteiger partial charge in [0, 0.05) is 112 Å². The standard InChI is InChI=1S/C44H54N10O5.C2H6.3H2/c1-5-7-29-25-46-38(24-34(29)47-31-10-12-35-30(22-31)23-37(44(58)50(35)3)59-27-40(56)45-2)54-20-18-52(19-21-54)26-28-14-16-53(17-15-28)36-9-6-8-32-41(49-51(4)42(32)36)33-11-13-39(55)48-43(33)57;1-2;;;/h6,8-10,12,22-25,28,33H,5,7,11,13-21,26-27H2,1-4H3,(H,45,56)(H,46,47)(H,48,55,57);1-2H3;3*1H. The monoisotopic (exact) mass is 839 g/mol. The Morgan fingerprint density at radius 1 is 0.951 bits per heavy atom. The van der Waals surface area contributed by atoms with Gasteiger partial charge in [0.25, 0.3) is 11.5 Å². The van der Waals surface area contributed by atoms with Gasteiger partial charge in [-0.3, -0.25) is 34.1 Å². The second-order valence-electron chi connectivity index (χ2n) is 16.1. The number of rotatable bonds is 12. The molecule has 3 aromatic heterocycles. The first-order valence-electron chi connectivity index (χ1n) is 21.8. The quantitative estimate of drug-likeness (QED) is 0.127. The van der Waals surface area contributed by atoms with Crippen molar-refractivity contribution in [2.75, 3.05) is 74.6 Å². The first-order chi connectivity index (χ1) is 29.6. The van der Waals surface area contributed by atoms with E-state index in [1.807, 2.05) is 56.0 Å². The van der Waals surface area contributed by atoms with E-state index in [0.29, 0.717) is 18.8 Å². The number of aryl methyl sites for hydroxylation is 3. The summed E-state index contributed by atoms with van der Waals surface area (Å²) in [6.45, 7) is 12.7. The predicted octanol–water partition coefficient (Wildman–Crippen LogP) is 5.96. The second kappa shape index (κ2) is 19.2. The van der Waals surface area contributed by atoms with E-state index < -0.39 is 5.92 Å². The minimum absolute atomic E-state index is 0. The number of carbonyl (C=O) groups excluding carboxylic acids is 3. The second-order valence-corrected chi connectivity index (χ2v) is 16.1. The average Bonchev–Trinajstić information content (AvgIpc) is 3.62. The molecule has 3 N–H and O–H groups in total. The maximum absolute atomic E-state index is 12.9. The van der Waals surface area contributed by atoms with Crippen molar-refractivity contribution in [3.8, 4) is 5.75 Å². The van der Waals surface area contributed by atoms with Crippen molar-refractivity contribution in [3.63, 3.8) is 0 Å². The molecule has 330 valence electrons. The highest BCUT2D eigenvalue weighted by Crippen LogP contribution is 2.36. The number of nitrogens with zero attached hydrogens (tertiary/aromatic N) is 7. The lowest BCUT2D eigenvalue weighted by molar-refractivity contribution is -0.134. The first-order valence-corrected chi connectivity index (χ1v) is 21.8. The Bertz CT molecular complexity index is 2460. The first kappa shape index (κ1) is 43.1. The molecule has 0 radical (unpaired) electrons. The van der Waals surface area contributed by atoms with Crippen LogP contribution in [0.3, 0.4) is 0 Å². The zero-order valence-corrected chi connectivity index (χ0v) is 36.4. The number of benzene rings is 2. The van der Waals surface area contributed by atoms with E-state index in [9.17, 15) is 19.2 Å². The van der Waals surface area contributed by atoms with Crippen LogP contribution in [-0.2, 0) is 34.9 Å². The summed E-state index contributed by atoms with van der Waals surface area (Å²) in [5.74, 6) is 0.515. The summed E-state index contributed by atoms with van der Waals surface area (Å²) in [6, 6.07) is 16.0. The van der Waals surface area contributed by atoms with Gasteiger partial charge in [0.15, 0.2) is 12.4 Å². The third-order valence-electron chi connectivity index (χ3n) is 12.2. The number of pyridine rings is 2. The van der Waals surface area contributed by atoms with Crippen molar-refractivity contribution in [2.45, 2.75) is 65.2 Å². The number of imide groups is 1. The molecule has 3 aliphatic heterocycles. The molecule has 5 aromatic rings. The van der Waals surface area contributed by atoms with E-state index >= 15 is 0 Å². The Morgan fingerprint density at radius 3 is 2.44 bits per heavy atom. The number of piperidine rings is 2. The summed E-state index contributed by atoms with van der Waals surface area (Å²) < 4.78 is 9.02. The van der Waals surface area contributed by atoms with E-state index in [4.69, 9.17) is 14.8 Å². The maximum atomic E-state index is 12.9. The Morgan fingerprint density at radius 2 is 1.72 bits per heavy atom. The molecular weight excluding hydrogens is 773 g/mol. The Balaban J connectivity index is 0.00000177. The third-order valence-corrected chi connectivity index (χ3v) is 12.2. The number of piperazine rings is 1. The molecule has 15 nitrogen and oxygen atoms in total. The minimum Gasteiger partial charge on any atom is -0.478 e. The van der Waals surface area contributed by atoms with Crippen molar-refractivity contribution in [3.05, 3.63) is 76.3 Å². The van der Waals surface area contributed by atoms with Crippen molar-refractivity contribution in [1.29, 1.82) is 0 Å². The fourth-order valence-corrected chi connectivity index (χ4v) is 8.93. The molecule has 61 heavy (non-hydrogen) atoms. The average molecular weight is 839 g/mol. The van der Waals surface area contributed by atoms with Gasteiger partial charge in [-0.05, 0) is 67.5 Å². The van der Waals surface area contributed by atoms with Crippen molar-refractivity contribution in [1.82, 2.24) is 34.9 Å². The molecule has 6 heterocycles. The zero-order chi connectivity index (χ0) is 43.2. The molecule has 3 amide bonds. The topological polar surface area (TPSA) is 159 Å². The lowest BCUT2D eigenvalue weighted by Gasteiger charge is -2.40. The SMILES string of the molecule is CC.CCCc1cnc(N2CCN(CC3CCN(c4cccc5c(C6CCC(=O)NC6=O)nn(C)c45)CC3)CC2)cc1Nc1ccc2c(c1)cc(OCC(=O)NC)c(=O)n2C.[HH].[HH].[HH]. The van der Waals surface area contributed by atoms with Crippen LogP contribution in [0.15, 0.2) is 59.5 Å². The number of hydrogen-bond donors (Lipinski definition) is 3. The van der Waals surface area contributed by atoms with Gasteiger partial charge in [-0.2, -0.15) is 5.10 Å². The van der Waals surface area contributed by atoms with Crippen molar-refractivity contribution >= 4 is 62.4 Å². The number of likely N-dealkylation sites (N-methyl/N-ethyl adjacent to an activating group) is 1. The normalized spacial score (nSPS) is 17.6. The number of aromatic nitrogens is 4. The molecule has 15 heteroatoms. The van der Waals surface area contributed by atoms with Gasteiger partial charge in [-0.25, -0.2) is 4.98 Å². The van der Waals surface area contributed by atoms with E-state index in [0.717, 1.165) is 127 Å². The van der Waals surface area contributed by atoms with Crippen molar-refractivity contribution < 1.29 is 23.4 Å². The number of para-hydroxylation sites is 1. The number of hydrogen-bond acceptors (Lipinski definition) is 11. The molecule has 0 aliphatic carbocycles. The number of nitrogens with one attached hydrogen (secondary N) is 3. The van der Waals surface area contributed by atoms with Crippen LogP contribution in [0.1, 0.15) is 74.3 Å². The number of carbonyl (C=O) groups is 3. The number of amides is 3. The molecule has 3 fully saturated rings. The molecule has 2 aromatic carbocycles. The molecule has 1 atom stereocenters. The summed E-state index contributed by atoms with van der Waals surface area (Å²) in [7, 11) is 5.18. The number of fused-ring (bicyclic) bond motifs is 2. The van der Waals surface area contributed by atoms with Crippen LogP contribution >= 0.6 is 0 Å². The van der Waals surface area contributed by atoms with E-state index in [1.54, 1.807) is 17.7 Å². The molecule has 0 saturated carbocycles. The zero-order valence-electron chi connectivity index (χ0n) is 36.4. The Labute approximate surface area is 361 Å². The van der Waals surface area contributed by atoms with Crippen LogP contribution in [0.25, 0.3) is 21.8 Å². The molecular formula is C46H66N10O5. The van der Waals surface area contributed by atoms with Crippen LogP contribution in [0.2, 0.25) is 0 Å². The van der Waals surface area contributed by atoms with Gasteiger partial charge >= 0.3 is 0 Å². The Kier molecular flexibility index (Phi) is 13.6. The largest absolute Gasteiger partial charge is 0.478 e. The number of ether oxygens (including phenoxy) is 1. The molecule has 3 saturated heterocycles. The summed E-state index contributed by atoms with van der Waals surface area (Å²) in [5.41, 5.74) is 6.46. The maximum Gasteiger partial charge on any atom is 0.293 e. The summed E-state index contributed by atoms with van der Waals surface area (Å²) in [4.78, 5) is 61.5. The molecule has 1 unspecified atom stereocenters. The van der Waals surface area contributed by atoms with Crippen molar-refractivity contribution in [2.24, 2.45) is 20.0 Å². The van der Waals surface area contributed by atoms with Crippen LogP contribution < -0.4 is 36.0 Å². The fourth-order valence-electron chi connectivity index (χ4n) is 8.93. The third kappa shape index (κ3) is 9.36. The van der Waals surface area contributed by atoms with Gasteiger partial charge in [0.05, 0.1) is 28.3 Å². The number of anilines is 4. The molecule has 3 aliphatic rings. The fraction of sp³-hybridized carbons (Fsp3) is 0.478. The van der Waals surface area contributed by atoms with E-state index in [1.165, 1.54) is 7.05 Å². The van der Waals surface area contributed by atoms with Gasteiger partial charge in [0.1, 0.15) is 5.82 Å². The summed E-state index contributed by atoms with van der Waals surface area (Å²) in [6.07, 6.45) is 6.92. The predicted molar refractivity (Wildman–Crippen MR) is 247 cm³/mol. The lowest BCUT2D eigenvalue weighted by atomic mass is 9.92. The van der Waals surface area contributed by atoms with Crippen LogP contribution in [-0.4, -0.2) is 101 Å².